The summed E-state index contributed by atoms with van der Waals surface area (Å²) in [5, 5.41) is 0. The Labute approximate surface area is 110 Å². The Bertz CT molecular complexity index is 338. The van der Waals surface area contributed by atoms with Crippen LogP contribution in [0.15, 0.2) is 36.6 Å². The number of Topliss-reactive ketones (excluding diaryl/α,β-unsaturated/α-hetero) is 1. The fourth-order valence-corrected chi connectivity index (χ4v) is 1.85. The highest BCUT2D eigenvalue weighted by atomic mass is 16.5. The summed E-state index contributed by atoms with van der Waals surface area (Å²) in [4.78, 5) is 13.4. The van der Waals surface area contributed by atoms with Gasteiger partial charge >= 0.3 is 0 Å². The first kappa shape index (κ1) is 14.7. The Morgan fingerprint density at radius 2 is 1.89 bits per heavy atom. The van der Waals surface area contributed by atoms with Crippen LogP contribution in [0.2, 0.25) is 0 Å². The molecular formula is C15H23NO2. The van der Waals surface area contributed by atoms with Crippen molar-refractivity contribution in [3.8, 4) is 0 Å². The molecule has 0 aromatic heterocycles. The lowest BCUT2D eigenvalue weighted by Crippen LogP contribution is -2.32. The molecule has 1 heterocycles. The molecule has 3 nitrogen and oxygen atoms in total. The average Bonchev–Trinajstić information content (AvgIpc) is 2.37. The fraction of sp³-hybridized carbons (Fsp3) is 0.533. The molecule has 3 heteroatoms. The third-order valence-electron chi connectivity index (χ3n) is 3.07. The second-order valence-electron chi connectivity index (χ2n) is 4.63. The van der Waals surface area contributed by atoms with Crippen LogP contribution in [0.25, 0.3) is 0 Å². The van der Waals surface area contributed by atoms with Gasteiger partial charge in [0.25, 0.3) is 0 Å². The smallest absolute Gasteiger partial charge is 0.159 e. The maximum Gasteiger partial charge on any atom is 0.159 e. The number of carbonyl (C=O) groups excluding carboxylic acids is 1. The molecule has 0 aliphatic carbocycles. The average molecular weight is 249 g/mol. The monoisotopic (exact) mass is 249 g/mol. The summed E-state index contributed by atoms with van der Waals surface area (Å²) >= 11 is 0. The molecule has 0 N–H and O–H groups in total. The number of nitrogens with zero attached hydrogens (tertiary/aromatic N) is 1. The van der Waals surface area contributed by atoms with Gasteiger partial charge in [-0.3, -0.25) is 9.69 Å². The normalized spacial score (nSPS) is 16.7. The van der Waals surface area contributed by atoms with Crippen molar-refractivity contribution in [1.29, 1.82) is 0 Å². The molecule has 0 unspecified atom stereocenters. The summed E-state index contributed by atoms with van der Waals surface area (Å²) in [5.74, 6) is 0.543. The van der Waals surface area contributed by atoms with E-state index in [0.717, 1.165) is 6.54 Å². The number of piperidine rings is 1. The topological polar surface area (TPSA) is 29.5 Å². The van der Waals surface area contributed by atoms with E-state index in [9.17, 15) is 4.79 Å². The third kappa shape index (κ3) is 5.82. The fourth-order valence-electron chi connectivity index (χ4n) is 1.85. The Kier molecular flexibility index (Phi) is 6.44. The van der Waals surface area contributed by atoms with Crippen molar-refractivity contribution in [2.45, 2.75) is 26.2 Å². The Balaban J connectivity index is 2.16. The minimum atomic E-state index is -0.0348. The molecule has 0 radical (unpaired) electrons. The van der Waals surface area contributed by atoms with E-state index in [1.807, 2.05) is 0 Å². The van der Waals surface area contributed by atoms with Crippen LogP contribution < -0.4 is 0 Å². The lowest BCUT2D eigenvalue weighted by Gasteiger charge is -2.26. The van der Waals surface area contributed by atoms with E-state index < -0.39 is 0 Å². The predicted molar refractivity (Wildman–Crippen MR) is 74.3 cm³/mol. The molecule has 0 bridgehead atoms. The van der Waals surface area contributed by atoms with Crippen LogP contribution in [0.4, 0.5) is 0 Å². The van der Waals surface area contributed by atoms with Gasteiger partial charge in [0, 0.05) is 12.1 Å². The first-order valence-electron chi connectivity index (χ1n) is 6.51. The summed E-state index contributed by atoms with van der Waals surface area (Å²) in [5.41, 5.74) is 0.468. The summed E-state index contributed by atoms with van der Waals surface area (Å²) in [6.45, 7) is 12.9. The van der Waals surface area contributed by atoms with Crippen LogP contribution in [0.5, 0.6) is 0 Å². The van der Waals surface area contributed by atoms with Crippen molar-refractivity contribution in [3.63, 3.8) is 0 Å². The Morgan fingerprint density at radius 1 is 1.22 bits per heavy atom. The Morgan fingerprint density at radius 3 is 2.50 bits per heavy atom. The van der Waals surface area contributed by atoms with Gasteiger partial charge in [-0.15, -0.1) is 0 Å². The predicted octanol–water partition coefficient (Wildman–Crippen LogP) is 2.70. The van der Waals surface area contributed by atoms with Gasteiger partial charge in [0.1, 0.15) is 12.4 Å². The zero-order valence-electron chi connectivity index (χ0n) is 11.3. The number of ether oxygens (including phenoxy) is 1. The van der Waals surface area contributed by atoms with E-state index in [1.54, 1.807) is 12.2 Å². The molecular weight excluding hydrogens is 226 g/mol. The van der Waals surface area contributed by atoms with Crippen molar-refractivity contribution in [3.05, 3.63) is 36.6 Å². The zero-order chi connectivity index (χ0) is 13.4. The first-order valence-corrected chi connectivity index (χ1v) is 6.51. The van der Waals surface area contributed by atoms with Gasteiger partial charge in [-0.05, 0) is 45.0 Å². The lowest BCUT2D eigenvalue weighted by molar-refractivity contribution is -0.113. The number of likely N-dealkylation sites (tertiary alicyclic amines) is 1. The van der Waals surface area contributed by atoms with E-state index in [0.29, 0.717) is 17.9 Å². The summed E-state index contributed by atoms with van der Waals surface area (Å²) in [6.07, 6.45) is 7.27. The number of carbonyl (C=O) groups is 1. The maximum atomic E-state index is 10.9. The van der Waals surface area contributed by atoms with Gasteiger partial charge in [-0.1, -0.05) is 19.6 Å². The van der Waals surface area contributed by atoms with Crippen LogP contribution >= 0.6 is 0 Å². The molecule has 1 saturated heterocycles. The van der Waals surface area contributed by atoms with Gasteiger partial charge in [0.2, 0.25) is 0 Å². The van der Waals surface area contributed by atoms with Crippen molar-refractivity contribution in [1.82, 2.24) is 4.90 Å². The van der Waals surface area contributed by atoms with Crippen LogP contribution in [-0.2, 0) is 9.53 Å². The summed E-state index contributed by atoms with van der Waals surface area (Å²) in [6, 6.07) is 0. The van der Waals surface area contributed by atoms with E-state index >= 15 is 0 Å². The molecule has 1 aliphatic heterocycles. The van der Waals surface area contributed by atoms with Gasteiger partial charge in [0.15, 0.2) is 5.78 Å². The highest BCUT2D eigenvalue weighted by Crippen LogP contribution is 2.08. The Hall–Kier alpha value is -1.35. The zero-order valence-corrected chi connectivity index (χ0v) is 11.3. The van der Waals surface area contributed by atoms with E-state index in [1.165, 1.54) is 39.3 Å². The standard InChI is InChI=1S/C15H23NO2/c1-13(15(3)17)7-8-14(2)18-12-11-16-9-5-4-6-10-16/h7-8H,1-2,4-6,9-12H2,3H3/b8-7-. The number of hydrogen-bond acceptors (Lipinski definition) is 3. The molecule has 100 valence electrons. The molecule has 0 spiro atoms. The second-order valence-corrected chi connectivity index (χ2v) is 4.63. The van der Waals surface area contributed by atoms with Crippen LogP contribution in [0, 0.1) is 0 Å². The van der Waals surface area contributed by atoms with E-state index in [2.05, 4.69) is 18.1 Å². The number of hydrogen-bond donors (Lipinski definition) is 0. The molecule has 18 heavy (non-hydrogen) atoms. The van der Waals surface area contributed by atoms with Crippen molar-refractivity contribution < 1.29 is 9.53 Å². The van der Waals surface area contributed by atoms with E-state index in [-0.39, 0.29) is 5.78 Å². The molecule has 1 aliphatic rings. The van der Waals surface area contributed by atoms with Crippen molar-refractivity contribution in [2.24, 2.45) is 0 Å². The minimum absolute atomic E-state index is 0.0348. The molecule has 0 aromatic rings. The second kappa shape index (κ2) is 7.88. The lowest BCUT2D eigenvalue weighted by atomic mass is 10.1. The number of ketones is 1. The maximum absolute atomic E-state index is 10.9. The SMILES string of the molecule is C=C(/C=C\C(=C)C(C)=O)OCCN1CCCCC1. The third-order valence-corrected chi connectivity index (χ3v) is 3.07. The van der Waals surface area contributed by atoms with Gasteiger partial charge in [-0.2, -0.15) is 0 Å². The molecule has 1 rings (SSSR count). The highest BCUT2D eigenvalue weighted by Gasteiger charge is 2.09. The summed E-state index contributed by atoms with van der Waals surface area (Å²) < 4.78 is 5.50. The first-order chi connectivity index (χ1) is 8.59. The number of rotatable bonds is 7. The van der Waals surface area contributed by atoms with Gasteiger partial charge in [0.05, 0.1) is 0 Å². The van der Waals surface area contributed by atoms with Crippen molar-refractivity contribution >= 4 is 5.78 Å². The molecule has 0 amide bonds. The summed E-state index contributed by atoms with van der Waals surface area (Å²) in [7, 11) is 0. The largest absolute Gasteiger partial charge is 0.493 e. The quantitative estimate of drug-likeness (QED) is 0.395. The molecule has 0 saturated carbocycles. The van der Waals surface area contributed by atoms with E-state index in [4.69, 9.17) is 4.74 Å². The van der Waals surface area contributed by atoms with Gasteiger partial charge in [-0.25, -0.2) is 0 Å². The number of allylic oxidation sites excluding steroid dienone is 3. The molecule has 0 atom stereocenters. The van der Waals surface area contributed by atoms with Crippen molar-refractivity contribution in [2.75, 3.05) is 26.2 Å². The highest BCUT2D eigenvalue weighted by molar-refractivity contribution is 5.95. The molecule has 0 aromatic carbocycles. The van der Waals surface area contributed by atoms with Gasteiger partial charge < -0.3 is 4.74 Å². The minimum Gasteiger partial charge on any atom is -0.493 e. The van der Waals surface area contributed by atoms with Crippen LogP contribution in [-0.4, -0.2) is 36.9 Å². The van der Waals surface area contributed by atoms with Crippen LogP contribution in [0.1, 0.15) is 26.2 Å². The molecule has 1 fully saturated rings. The van der Waals surface area contributed by atoms with Crippen LogP contribution in [0.3, 0.4) is 0 Å².